The van der Waals surface area contributed by atoms with Crippen LogP contribution in [-0.2, 0) is 6.42 Å². The Labute approximate surface area is 114 Å². The molecule has 0 aliphatic carbocycles. The Morgan fingerprint density at radius 2 is 1.89 bits per heavy atom. The van der Waals surface area contributed by atoms with E-state index in [4.69, 9.17) is 0 Å². The van der Waals surface area contributed by atoms with Crippen LogP contribution in [0.1, 0.15) is 24.8 Å². The summed E-state index contributed by atoms with van der Waals surface area (Å²) in [6.07, 6.45) is 4.03. The molecule has 2 rings (SSSR count). The van der Waals surface area contributed by atoms with E-state index in [-0.39, 0.29) is 18.7 Å². The lowest BCUT2D eigenvalue weighted by Gasteiger charge is -2.29. The number of carbonyl (C=O) groups is 1. The van der Waals surface area contributed by atoms with E-state index in [9.17, 15) is 9.90 Å². The van der Waals surface area contributed by atoms with E-state index in [1.54, 1.807) is 0 Å². The van der Waals surface area contributed by atoms with E-state index in [0.717, 1.165) is 31.5 Å². The summed E-state index contributed by atoms with van der Waals surface area (Å²) in [6, 6.07) is 9.66. The first-order valence-corrected chi connectivity index (χ1v) is 7.00. The Balaban J connectivity index is 1.86. The summed E-state index contributed by atoms with van der Waals surface area (Å²) in [5.41, 5.74) is 1.13. The first-order valence-electron chi connectivity index (χ1n) is 7.00. The summed E-state index contributed by atoms with van der Waals surface area (Å²) in [7, 11) is 0. The Hall–Kier alpha value is -1.55. The third-order valence-corrected chi connectivity index (χ3v) is 3.52. The number of amides is 2. The van der Waals surface area contributed by atoms with Gasteiger partial charge in [-0.15, -0.1) is 0 Å². The van der Waals surface area contributed by atoms with Crippen LogP contribution in [0.15, 0.2) is 30.3 Å². The number of urea groups is 1. The third kappa shape index (κ3) is 4.24. The van der Waals surface area contributed by atoms with Gasteiger partial charge in [0.1, 0.15) is 0 Å². The van der Waals surface area contributed by atoms with Crippen molar-refractivity contribution in [3.63, 3.8) is 0 Å². The molecule has 104 valence electrons. The number of carbonyl (C=O) groups excluding carboxylic acids is 1. The maximum absolute atomic E-state index is 12.1. The number of likely N-dealkylation sites (tertiary alicyclic amines) is 1. The standard InChI is InChI=1S/C15H22N2O2/c18-12-14(11-13-7-3-1-4-8-13)16-15(19)17-9-5-2-6-10-17/h1,3-4,7-8,14,18H,2,5-6,9-12H2,(H,16,19)/t14-/m1/s1. The first-order chi connectivity index (χ1) is 9.29. The number of rotatable bonds is 4. The summed E-state index contributed by atoms with van der Waals surface area (Å²) in [6.45, 7) is 1.62. The number of hydrogen-bond acceptors (Lipinski definition) is 2. The van der Waals surface area contributed by atoms with Crippen molar-refractivity contribution in [2.24, 2.45) is 0 Å². The molecule has 0 unspecified atom stereocenters. The average molecular weight is 262 g/mol. The molecule has 4 nitrogen and oxygen atoms in total. The Kier molecular flexibility index (Phi) is 5.21. The van der Waals surface area contributed by atoms with Crippen LogP contribution in [0.4, 0.5) is 4.79 Å². The number of nitrogens with one attached hydrogen (secondary N) is 1. The van der Waals surface area contributed by atoms with Crippen molar-refractivity contribution in [3.05, 3.63) is 35.9 Å². The van der Waals surface area contributed by atoms with Crippen molar-refractivity contribution in [3.8, 4) is 0 Å². The lowest BCUT2D eigenvalue weighted by atomic mass is 10.1. The van der Waals surface area contributed by atoms with Gasteiger partial charge in [0.05, 0.1) is 12.6 Å². The van der Waals surface area contributed by atoms with Crippen molar-refractivity contribution in [2.75, 3.05) is 19.7 Å². The minimum atomic E-state index is -0.211. The minimum absolute atomic E-state index is 0.0333. The molecule has 1 saturated heterocycles. The zero-order valence-electron chi connectivity index (χ0n) is 11.2. The zero-order chi connectivity index (χ0) is 13.5. The molecule has 1 atom stereocenters. The highest BCUT2D eigenvalue weighted by Crippen LogP contribution is 2.09. The lowest BCUT2D eigenvalue weighted by Crippen LogP contribution is -2.48. The van der Waals surface area contributed by atoms with Gasteiger partial charge in [0, 0.05) is 13.1 Å². The highest BCUT2D eigenvalue weighted by molar-refractivity contribution is 5.74. The second kappa shape index (κ2) is 7.14. The number of nitrogens with zero attached hydrogens (tertiary/aromatic N) is 1. The van der Waals surface area contributed by atoms with Crippen molar-refractivity contribution in [2.45, 2.75) is 31.7 Å². The normalized spacial score (nSPS) is 17.0. The Bertz CT molecular complexity index is 388. The van der Waals surface area contributed by atoms with Crippen LogP contribution in [0.2, 0.25) is 0 Å². The van der Waals surface area contributed by atoms with E-state index < -0.39 is 0 Å². The molecule has 0 saturated carbocycles. The highest BCUT2D eigenvalue weighted by Gasteiger charge is 2.19. The van der Waals surface area contributed by atoms with Crippen molar-refractivity contribution in [1.82, 2.24) is 10.2 Å². The first kappa shape index (κ1) is 13.9. The van der Waals surface area contributed by atoms with E-state index in [1.807, 2.05) is 35.2 Å². The summed E-state index contributed by atoms with van der Waals surface area (Å²) < 4.78 is 0. The van der Waals surface area contributed by atoms with Crippen LogP contribution < -0.4 is 5.32 Å². The summed E-state index contributed by atoms with van der Waals surface area (Å²) in [5.74, 6) is 0. The average Bonchev–Trinajstić information content (AvgIpc) is 2.48. The molecule has 0 radical (unpaired) electrons. The topological polar surface area (TPSA) is 52.6 Å². The van der Waals surface area contributed by atoms with Crippen LogP contribution in [-0.4, -0.2) is 41.8 Å². The van der Waals surface area contributed by atoms with Gasteiger partial charge in [-0.3, -0.25) is 0 Å². The molecule has 0 aromatic heterocycles. The van der Waals surface area contributed by atoms with Crippen LogP contribution in [0, 0.1) is 0 Å². The van der Waals surface area contributed by atoms with Gasteiger partial charge in [-0.2, -0.15) is 0 Å². The molecule has 1 aromatic rings. The molecule has 2 amide bonds. The largest absolute Gasteiger partial charge is 0.394 e. The van der Waals surface area contributed by atoms with E-state index in [0.29, 0.717) is 6.42 Å². The summed E-state index contributed by atoms with van der Waals surface area (Å²) >= 11 is 0. The predicted octanol–water partition coefficient (Wildman–Crippen LogP) is 1.79. The highest BCUT2D eigenvalue weighted by atomic mass is 16.3. The van der Waals surface area contributed by atoms with Crippen molar-refractivity contribution >= 4 is 6.03 Å². The molecule has 0 spiro atoms. The van der Waals surface area contributed by atoms with Gasteiger partial charge < -0.3 is 15.3 Å². The molecule has 1 fully saturated rings. The van der Waals surface area contributed by atoms with Crippen LogP contribution in [0.3, 0.4) is 0 Å². The van der Waals surface area contributed by atoms with E-state index >= 15 is 0 Å². The second-order valence-electron chi connectivity index (χ2n) is 5.07. The maximum Gasteiger partial charge on any atom is 0.317 e. The van der Waals surface area contributed by atoms with E-state index in [1.165, 1.54) is 6.42 Å². The quantitative estimate of drug-likeness (QED) is 0.869. The summed E-state index contributed by atoms with van der Waals surface area (Å²) in [4.78, 5) is 13.9. The van der Waals surface area contributed by atoms with Crippen LogP contribution in [0.5, 0.6) is 0 Å². The fourth-order valence-electron chi connectivity index (χ4n) is 2.42. The molecule has 4 heteroatoms. The molecular formula is C15H22N2O2. The van der Waals surface area contributed by atoms with Crippen LogP contribution in [0.25, 0.3) is 0 Å². The number of benzene rings is 1. The van der Waals surface area contributed by atoms with Gasteiger partial charge in [-0.05, 0) is 31.2 Å². The molecule has 0 bridgehead atoms. The number of piperidine rings is 1. The third-order valence-electron chi connectivity index (χ3n) is 3.52. The van der Waals surface area contributed by atoms with Gasteiger partial charge in [0.15, 0.2) is 0 Å². The fraction of sp³-hybridized carbons (Fsp3) is 0.533. The monoisotopic (exact) mass is 262 g/mol. The molecule has 1 aromatic carbocycles. The minimum Gasteiger partial charge on any atom is -0.394 e. The van der Waals surface area contributed by atoms with Gasteiger partial charge >= 0.3 is 6.03 Å². The Morgan fingerprint density at radius 3 is 2.53 bits per heavy atom. The molecule has 19 heavy (non-hydrogen) atoms. The Morgan fingerprint density at radius 1 is 1.21 bits per heavy atom. The smallest absolute Gasteiger partial charge is 0.317 e. The van der Waals surface area contributed by atoms with Gasteiger partial charge in [-0.25, -0.2) is 4.79 Å². The number of aliphatic hydroxyl groups is 1. The molecule has 1 aliphatic rings. The zero-order valence-corrected chi connectivity index (χ0v) is 11.2. The summed E-state index contributed by atoms with van der Waals surface area (Å²) in [5, 5.41) is 12.3. The predicted molar refractivity (Wildman–Crippen MR) is 75.0 cm³/mol. The van der Waals surface area contributed by atoms with Gasteiger partial charge in [0.2, 0.25) is 0 Å². The SMILES string of the molecule is O=C(N[C@@H](CO)Cc1ccccc1)N1CCCCC1. The van der Waals surface area contributed by atoms with Crippen LogP contribution >= 0.6 is 0 Å². The maximum atomic E-state index is 12.1. The van der Waals surface area contributed by atoms with Gasteiger partial charge in [-0.1, -0.05) is 30.3 Å². The second-order valence-corrected chi connectivity index (χ2v) is 5.07. The fourth-order valence-corrected chi connectivity index (χ4v) is 2.42. The molecular weight excluding hydrogens is 240 g/mol. The molecule has 2 N–H and O–H groups in total. The van der Waals surface area contributed by atoms with Crippen molar-refractivity contribution < 1.29 is 9.90 Å². The lowest BCUT2D eigenvalue weighted by molar-refractivity contribution is 0.172. The van der Waals surface area contributed by atoms with E-state index in [2.05, 4.69) is 5.32 Å². The molecule has 1 aliphatic heterocycles. The number of hydrogen-bond donors (Lipinski definition) is 2. The van der Waals surface area contributed by atoms with Crippen molar-refractivity contribution in [1.29, 1.82) is 0 Å². The van der Waals surface area contributed by atoms with Gasteiger partial charge in [0.25, 0.3) is 0 Å². The number of aliphatic hydroxyl groups excluding tert-OH is 1. The molecule has 1 heterocycles.